The zero-order valence-corrected chi connectivity index (χ0v) is 10.4. The number of carbonyl (C=O) groups is 1. The fraction of sp³-hybridized carbons (Fsp3) is 0.750. The average molecular weight is 226 g/mol. The number of hydrogen-bond acceptors (Lipinski definition) is 3. The lowest BCUT2D eigenvalue weighted by Gasteiger charge is -2.36. The van der Waals surface area contributed by atoms with E-state index in [2.05, 4.69) is 16.8 Å². The lowest BCUT2D eigenvalue weighted by Crippen LogP contribution is -2.43. The number of rotatable bonds is 4. The van der Waals surface area contributed by atoms with E-state index >= 15 is 0 Å². The van der Waals surface area contributed by atoms with Crippen LogP contribution in [0, 0.1) is 5.92 Å². The molecular formula is C12H22N2O2. The number of likely N-dealkylation sites (N-methyl/N-ethyl adjacent to an activating group) is 1. The molecule has 1 N–H and O–H groups in total. The SMILES string of the molecule is CN1CCCC(C(/C=C/C(=O)O)N(C)C)C1. The Hall–Kier alpha value is -0.870. The minimum atomic E-state index is -0.865. The molecular weight excluding hydrogens is 204 g/mol. The molecule has 92 valence electrons. The van der Waals surface area contributed by atoms with Crippen LogP contribution < -0.4 is 0 Å². The highest BCUT2D eigenvalue weighted by atomic mass is 16.4. The van der Waals surface area contributed by atoms with Crippen LogP contribution in [0.15, 0.2) is 12.2 Å². The van der Waals surface area contributed by atoms with Gasteiger partial charge in [0.2, 0.25) is 0 Å². The van der Waals surface area contributed by atoms with Gasteiger partial charge in [-0.3, -0.25) is 0 Å². The third-order valence-electron chi connectivity index (χ3n) is 3.18. The van der Waals surface area contributed by atoms with Crippen molar-refractivity contribution in [3.8, 4) is 0 Å². The number of carboxylic acids is 1. The lowest BCUT2D eigenvalue weighted by molar-refractivity contribution is -0.131. The Kier molecular flexibility index (Phi) is 4.96. The molecule has 0 bridgehead atoms. The first-order valence-electron chi connectivity index (χ1n) is 5.77. The van der Waals surface area contributed by atoms with Crippen LogP contribution in [0.2, 0.25) is 0 Å². The second-order valence-corrected chi connectivity index (χ2v) is 4.82. The van der Waals surface area contributed by atoms with E-state index in [-0.39, 0.29) is 6.04 Å². The van der Waals surface area contributed by atoms with Crippen LogP contribution in [0.25, 0.3) is 0 Å². The smallest absolute Gasteiger partial charge is 0.328 e. The molecule has 0 radical (unpaired) electrons. The van der Waals surface area contributed by atoms with Gasteiger partial charge in [0.15, 0.2) is 0 Å². The number of piperidine rings is 1. The summed E-state index contributed by atoms with van der Waals surface area (Å²) in [6, 6.07) is 0.221. The van der Waals surface area contributed by atoms with E-state index in [0.717, 1.165) is 13.1 Å². The number of nitrogens with zero attached hydrogens (tertiary/aromatic N) is 2. The molecule has 4 heteroatoms. The number of likely N-dealkylation sites (tertiary alicyclic amines) is 1. The summed E-state index contributed by atoms with van der Waals surface area (Å²) in [6.07, 6.45) is 5.45. The third-order valence-corrected chi connectivity index (χ3v) is 3.18. The van der Waals surface area contributed by atoms with Crippen molar-refractivity contribution in [1.82, 2.24) is 9.80 Å². The summed E-state index contributed by atoms with van der Waals surface area (Å²) in [6.45, 7) is 2.20. The molecule has 16 heavy (non-hydrogen) atoms. The van der Waals surface area contributed by atoms with E-state index in [0.29, 0.717) is 5.92 Å². The van der Waals surface area contributed by atoms with Gasteiger partial charge < -0.3 is 14.9 Å². The van der Waals surface area contributed by atoms with Crippen molar-refractivity contribution in [2.45, 2.75) is 18.9 Å². The van der Waals surface area contributed by atoms with E-state index in [1.165, 1.54) is 18.9 Å². The molecule has 1 saturated heterocycles. The minimum Gasteiger partial charge on any atom is -0.478 e. The molecule has 0 aromatic rings. The Morgan fingerprint density at radius 2 is 2.25 bits per heavy atom. The van der Waals surface area contributed by atoms with Gasteiger partial charge in [-0.1, -0.05) is 6.08 Å². The van der Waals surface area contributed by atoms with Crippen molar-refractivity contribution in [1.29, 1.82) is 0 Å². The second-order valence-electron chi connectivity index (χ2n) is 4.82. The molecule has 1 aliphatic heterocycles. The predicted octanol–water partition coefficient (Wildman–Crippen LogP) is 0.899. The third kappa shape index (κ3) is 3.94. The Labute approximate surface area is 97.5 Å². The van der Waals surface area contributed by atoms with Crippen molar-refractivity contribution in [2.24, 2.45) is 5.92 Å². The van der Waals surface area contributed by atoms with Crippen LogP contribution in [0.1, 0.15) is 12.8 Å². The standard InChI is InChI=1S/C12H22N2O2/c1-13(2)11(6-7-12(15)16)10-5-4-8-14(3)9-10/h6-7,10-11H,4-5,8-9H2,1-3H3,(H,15,16)/b7-6+. The van der Waals surface area contributed by atoms with Crippen molar-refractivity contribution in [2.75, 3.05) is 34.2 Å². The van der Waals surface area contributed by atoms with Gasteiger partial charge in [-0.05, 0) is 46.4 Å². The van der Waals surface area contributed by atoms with Crippen LogP contribution in [-0.2, 0) is 4.79 Å². The fourth-order valence-corrected chi connectivity index (χ4v) is 2.42. The molecule has 1 heterocycles. The van der Waals surface area contributed by atoms with Crippen molar-refractivity contribution < 1.29 is 9.90 Å². The first kappa shape index (κ1) is 13.2. The van der Waals surface area contributed by atoms with Crippen molar-refractivity contribution >= 4 is 5.97 Å². The Morgan fingerprint density at radius 1 is 1.56 bits per heavy atom. The molecule has 0 aromatic carbocycles. The van der Waals surface area contributed by atoms with Crippen LogP contribution >= 0.6 is 0 Å². The number of carboxylic acid groups (broad SMARTS) is 1. The zero-order chi connectivity index (χ0) is 12.1. The number of hydrogen-bond donors (Lipinski definition) is 1. The zero-order valence-electron chi connectivity index (χ0n) is 10.4. The van der Waals surface area contributed by atoms with Gasteiger partial charge in [0.05, 0.1) is 0 Å². The van der Waals surface area contributed by atoms with Gasteiger partial charge >= 0.3 is 5.97 Å². The second kappa shape index (κ2) is 6.01. The Bertz CT molecular complexity index is 264. The minimum absolute atomic E-state index is 0.221. The quantitative estimate of drug-likeness (QED) is 0.723. The fourth-order valence-electron chi connectivity index (χ4n) is 2.42. The molecule has 4 nitrogen and oxygen atoms in total. The maximum absolute atomic E-state index is 10.6. The summed E-state index contributed by atoms with van der Waals surface area (Å²) >= 11 is 0. The molecule has 1 aliphatic rings. The van der Waals surface area contributed by atoms with Gasteiger partial charge in [-0.25, -0.2) is 4.79 Å². The van der Waals surface area contributed by atoms with Gasteiger partial charge in [-0.2, -0.15) is 0 Å². The van der Waals surface area contributed by atoms with Crippen LogP contribution in [0.5, 0.6) is 0 Å². The maximum Gasteiger partial charge on any atom is 0.328 e. The molecule has 2 unspecified atom stereocenters. The molecule has 0 aromatic heterocycles. The van der Waals surface area contributed by atoms with Crippen LogP contribution in [0.3, 0.4) is 0 Å². The monoisotopic (exact) mass is 226 g/mol. The first-order chi connectivity index (χ1) is 7.50. The molecule has 0 amide bonds. The molecule has 1 rings (SSSR count). The van der Waals surface area contributed by atoms with E-state index < -0.39 is 5.97 Å². The van der Waals surface area contributed by atoms with Gasteiger partial charge in [-0.15, -0.1) is 0 Å². The van der Waals surface area contributed by atoms with E-state index in [4.69, 9.17) is 5.11 Å². The van der Waals surface area contributed by atoms with Crippen LogP contribution in [-0.4, -0.2) is 61.2 Å². The van der Waals surface area contributed by atoms with Gasteiger partial charge in [0, 0.05) is 18.7 Å². The molecule has 0 saturated carbocycles. The van der Waals surface area contributed by atoms with Gasteiger partial charge in [0.25, 0.3) is 0 Å². The number of aliphatic carboxylic acids is 1. The average Bonchev–Trinajstić information content (AvgIpc) is 2.17. The van der Waals surface area contributed by atoms with E-state index in [1.807, 2.05) is 20.2 Å². The molecule has 0 spiro atoms. The van der Waals surface area contributed by atoms with Crippen molar-refractivity contribution in [3.05, 3.63) is 12.2 Å². The Morgan fingerprint density at radius 3 is 2.75 bits per heavy atom. The molecule has 0 aliphatic carbocycles. The maximum atomic E-state index is 10.6. The predicted molar refractivity (Wildman–Crippen MR) is 64.5 cm³/mol. The lowest BCUT2D eigenvalue weighted by atomic mass is 9.90. The van der Waals surface area contributed by atoms with Crippen molar-refractivity contribution in [3.63, 3.8) is 0 Å². The van der Waals surface area contributed by atoms with E-state index in [9.17, 15) is 4.79 Å². The summed E-state index contributed by atoms with van der Waals surface area (Å²) in [5.41, 5.74) is 0. The largest absolute Gasteiger partial charge is 0.478 e. The summed E-state index contributed by atoms with van der Waals surface area (Å²) in [7, 11) is 6.14. The molecule has 2 atom stereocenters. The summed E-state index contributed by atoms with van der Waals surface area (Å²) < 4.78 is 0. The summed E-state index contributed by atoms with van der Waals surface area (Å²) in [5, 5.41) is 8.68. The summed E-state index contributed by atoms with van der Waals surface area (Å²) in [4.78, 5) is 15.0. The molecule has 1 fully saturated rings. The highest BCUT2D eigenvalue weighted by Gasteiger charge is 2.25. The summed E-state index contributed by atoms with van der Waals surface area (Å²) in [5.74, 6) is -0.333. The van der Waals surface area contributed by atoms with Crippen LogP contribution in [0.4, 0.5) is 0 Å². The highest BCUT2D eigenvalue weighted by molar-refractivity contribution is 5.79. The Balaban J connectivity index is 2.65. The first-order valence-corrected chi connectivity index (χ1v) is 5.77. The van der Waals surface area contributed by atoms with E-state index in [1.54, 1.807) is 0 Å². The topological polar surface area (TPSA) is 43.8 Å². The van der Waals surface area contributed by atoms with Gasteiger partial charge in [0.1, 0.15) is 0 Å². The normalized spacial score (nSPS) is 25.1. The highest BCUT2D eigenvalue weighted by Crippen LogP contribution is 2.22.